The molecule has 1 unspecified atom stereocenters. The van der Waals surface area contributed by atoms with Gasteiger partial charge in [0.25, 0.3) is 0 Å². The summed E-state index contributed by atoms with van der Waals surface area (Å²) in [5.41, 5.74) is 1.15. The molecule has 1 fully saturated rings. The second kappa shape index (κ2) is 6.61. The van der Waals surface area contributed by atoms with E-state index in [1.165, 1.54) is 30.6 Å². The van der Waals surface area contributed by atoms with Gasteiger partial charge in [0.1, 0.15) is 11.5 Å². The van der Waals surface area contributed by atoms with E-state index in [2.05, 4.69) is 36.5 Å². The molecule has 0 aliphatic heterocycles. The van der Waals surface area contributed by atoms with Gasteiger partial charge in [-0.1, -0.05) is 12.8 Å². The molecule has 3 heteroatoms. The van der Waals surface area contributed by atoms with Crippen molar-refractivity contribution in [3.63, 3.8) is 0 Å². The van der Waals surface area contributed by atoms with Gasteiger partial charge in [-0.25, -0.2) is 0 Å². The van der Waals surface area contributed by atoms with Crippen molar-refractivity contribution in [2.24, 2.45) is 0 Å². The average molecular weight is 301 g/mol. The Labute approximate surface area is 131 Å². The van der Waals surface area contributed by atoms with Crippen LogP contribution in [0.5, 0.6) is 0 Å². The Morgan fingerprint density at radius 1 is 1.10 bits per heavy atom. The predicted molar refractivity (Wildman–Crippen MR) is 90.0 cm³/mol. The maximum absolute atomic E-state index is 5.66. The summed E-state index contributed by atoms with van der Waals surface area (Å²) >= 11 is 2.03. The van der Waals surface area contributed by atoms with Crippen molar-refractivity contribution in [1.29, 1.82) is 0 Å². The molecule has 3 rings (SSSR count). The Balaban J connectivity index is 1.58. The molecule has 0 saturated heterocycles. The maximum atomic E-state index is 5.66. The summed E-state index contributed by atoms with van der Waals surface area (Å²) in [5, 5.41) is 4.32. The molecule has 1 aliphatic rings. The van der Waals surface area contributed by atoms with Crippen LogP contribution in [0.4, 0.5) is 5.69 Å². The fourth-order valence-electron chi connectivity index (χ4n) is 2.84. The van der Waals surface area contributed by atoms with Crippen LogP contribution in [0.1, 0.15) is 50.2 Å². The van der Waals surface area contributed by atoms with Crippen LogP contribution in [0.2, 0.25) is 0 Å². The molecular weight excluding hydrogens is 278 g/mol. The number of anilines is 1. The summed E-state index contributed by atoms with van der Waals surface area (Å²) in [6.07, 6.45) is 5.55. The zero-order chi connectivity index (χ0) is 14.7. The van der Waals surface area contributed by atoms with E-state index < -0.39 is 0 Å². The largest absolute Gasteiger partial charge is 0.464 e. The Morgan fingerprint density at radius 2 is 1.81 bits per heavy atom. The zero-order valence-electron chi connectivity index (χ0n) is 12.8. The number of furan rings is 1. The molecule has 2 aromatic rings. The summed E-state index contributed by atoms with van der Waals surface area (Å²) in [6, 6.07) is 13.0. The van der Waals surface area contributed by atoms with E-state index in [1.54, 1.807) is 0 Å². The van der Waals surface area contributed by atoms with E-state index in [9.17, 15) is 0 Å². The SMILES string of the molecule is Cc1ccc(C(C)Nc2ccc(SC3CCCC3)cc2)o1. The number of nitrogens with one attached hydrogen (secondary N) is 1. The molecule has 112 valence electrons. The van der Waals surface area contributed by atoms with Gasteiger partial charge in [0.15, 0.2) is 0 Å². The molecule has 21 heavy (non-hydrogen) atoms. The van der Waals surface area contributed by atoms with Crippen molar-refractivity contribution in [3.8, 4) is 0 Å². The Kier molecular flexibility index (Phi) is 4.59. The number of thioether (sulfide) groups is 1. The third-order valence-corrected chi connectivity index (χ3v) is 5.38. The molecular formula is C18H23NOS. The number of rotatable bonds is 5. The highest BCUT2D eigenvalue weighted by Crippen LogP contribution is 2.35. The van der Waals surface area contributed by atoms with Crippen LogP contribution >= 0.6 is 11.8 Å². The monoisotopic (exact) mass is 301 g/mol. The van der Waals surface area contributed by atoms with Gasteiger partial charge in [0.05, 0.1) is 6.04 Å². The minimum Gasteiger partial charge on any atom is -0.464 e. The molecule has 0 radical (unpaired) electrons. The van der Waals surface area contributed by atoms with Gasteiger partial charge >= 0.3 is 0 Å². The molecule has 0 amide bonds. The van der Waals surface area contributed by atoms with Gasteiger partial charge < -0.3 is 9.73 Å². The summed E-state index contributed by atoms with van der Waals surface area (Å²) in [4.78, 5) is 1.38. The highest BCUT2D eigenvalue weighted by atomic mass is 32.2. The van der Waals surface area contributed by atoms with E-state index in [-0.39, 0.29) is 6.04 Å². The van der Waals surface area contributed by atoms with Gasteiger partial charge in [-0.3, -0.25) is 0 Å². The number of hydrogen-bond donors (Lipinski definition) is 1. The quantitative estimate of drug-likeness (QED) is 0.756. The molecule has 1 saturated carbocycles. The summed E-state index contributed by atoms with van der Waals surface area (Å²) < 4.78 is 5.66. The van der Waals surface area contributed by atoms with Gasteiger partial charge in [0, 0.05) is 15.8 Å². The van der Waals surface area contributed by atoms with Crippen LogP contribution in [0.15, 0.2) is 45.7 Å². The third-order valence-electron chi connectivity index (χ3n) is 4.03. The van der Waals surface area contributed by atoms with Gasteiger partial charge in [-0.15, -0.1) is 11.8 Å². The maximum Gasteiger partial charge on any atom is 0.126 e. The highest BCUT2D eigenvalue weighted by molar-refractivity contribution is 8.00. The topological polar surface area (TPSA) is 25.2 Å². The minimum absolute atomic E-state index is 0.187. The van der Waals surface area contributed by atoms with Crippen LogP contribution in [-0.4, -0.2) is 5.25 Å². The lowest BCUT2D eigenvalue weighted by molar-refractivity contribution is 0.467. The van der Waals surface area contributed by atoms with Crippen LogP contribution in [0.25, 0.3) is 0 Å². The Hall–Kier alpha value is -1.35. The third kappa shape index (κ3) is 3.85. The Morgan fingerprint density at radius 3 is 2.43 bits per heavy atom. The molecule has 1 heterocycles. The molecule has 1 atom stereocenters. The summed E-state index contributed by atoms with van der Waals surface area (Å²) in [5.74, 6) is 1.94. The first-order valence-corrected chi connectivity index (χ1v) is 8.68. The zero-order valence-corrected chi connectivity index (χ0v) is 13.6. The molecule has 1 aromatic carbocycles. The highest BCUT2D eigenvalue weighted by Gasteiger charge is 2.16. The fourth-order valence-corrected chi connectivity index (χ4v) is 4.08. The van der Waals surface area contributed by atoms with E-state index in [0.29, 0.717) is 0 Å². The molecule has 1 aliphatic carbocycles. The average Bonchev–Trinajstić information content (AvgIpc) is 3.12. The summed E-state index contributed by atoms with van der Waals surface area (Å²) in [7, 11) is 0. The first-order chi connectivity index (χ1) is 10.2. The van der Waals surface area contributed by atoms with Gasteiger partial charge in [0.2, 0.25) is 0 Å². The summed E-state index contributed by atoms with van der Waals surface area (Å²) in [6.45, 7) is 4.10. The predicted octanol–water partition coefficient (Wildman–Crippen LogP) is 5.80. The minimum atomic E-state index is 0.187. The normalized spacial score (nSPS) is 17.0. The van der Waals surface area contributed by atoms with Crippen molar-refractivity contribution in [2.45, 2.75) is 55.7 Å². The van der Waals surface area contributed by atoms with E-state index in [4.69, 9.17) is 4.42 Å². The number of aryl methyl sites for hydroxylation is 1. The van der Waals surface area contributed by atoms with E-state index >= 15 is 0 Å². The second-order valence-corrected chi connectivity index (χ2v) is 7.24. The molecule has 0 spiro atoms. The van der Waals surface area contributed by atoms with Crippen molar-refractivity contribution in [1.82, 2.24) is 0 Å². The first kappa shape index (κ1) is 14.6. The van der Waals surface area contributed by atoms with Gasteiger partial charge in [-0.05, 0) is 63.1 Å². The van der Waals surface area contributed by atoms with Crippen molar-refractivity contribution in [3.05, 3.63) is 47.9 Å². The standard InChI is InChI=1S/C18H23NOS/c1-13-7-12-18(20-13)14(2)19-15-8-10-17(11-9-15)21-16-5-3-4-6-16/h7-12,14,16,19H,3-6H2,1-2H3. The van der Waals surface area contributed by atoms with Crippen LogP contribution in [0.3, 0.4) is 0 Å². The van der Waals surface area contributed by atoms with Gasteiger partial charge in [-0.2, -0.15) is 0 Å². The van der Waals surface area contributed by atoms with Crippen molar-refractivity contribution in [2.75, 3.05) is 5.32 Å². The van der Waals surface area contributed by atoms with Crippen LogP contribution < -0.4 is 5.32 Å². The second-order valence-electron chi connectivity index (χ2n) is 5.86. The van der Waals surface area contributed by atoms with Crippen molar-refractivity contribution < 1.29 is 4.42 Å². The van der Waals surface area contributed by atoms with Crippen molar-refractivity contribution >= 4 is 17.4 Å². The number of hydrogen-bond acceptors (Lipinski definition) is 3. The molecule has 1 aromatic heterocycles. The lowest BCUT2D eigenvalue weighted by Gasteiger charge is -2.14. The molecule has 2 nitrogen and oxygen atoms in total. The van der Waals surface area contributed by atoms with E-state index in [0.717, 1.165) is 22.5 Å². The van der Waals surface area contributed by atoms with E-state index in [1.807, 2.05) is 30.8 Å². The fraction of sp³-hybridized carbons (Fsp3) is 0.444. The molecule has 0 bridgehead atoms. The number of benzene rings is 1. The molecule has 1 N–H and O–H groups in total. The lowest BCUT2D eigenvalue weighted by Crippen LogP contribution is -2.05. The first-order valence-electron chi connectivity index (χ1n) is 7.80. The smallest absolute Gasteiger partial charge is 0.126 e. The van der Waals surface area contributed by atoms with Crippen LogP contribution in [0, 0.1) is 6.92 Å². The Bertz CT molecular complexity index is 569. The lowest BCUT2D eigenvalue weighted by atomic mass is 10.2. The van der Waals surface area contributed by atoms with Crippen LogP contribution in [-0.2, 0) is 0 Å².